The van der Waals surface area contributed by atoms with E-state index in [1.807, 2.05) is 45.0 Å². The molecule has 1 aromatic carbocycles. The number of piperazine rings is 1. The lowest BCUT2D eigenvalue weighted by Crippen LogP contribution is -2.47. The van der Waals surface area contributed by atoms with Crippen LogP contribution in [-0.2, 0) is 11.3 Å². The van der Waals surface area contributed by atoms with Gasteiger partial charge in [-0.15, -0.1) is 0 Å². The maximum atomic E-state index is 13.8. The molecule has 9 nitrogen and oxygen atoms in total. The largest absolute Gasteiger partial charge is 0.454 e. The number of carbonyl (C=O) groups excluding carboxylic acids is 1. The van der Waals surface area contributed by atoms with Gasteiger partial charge in [0.25, 0.3) is 11.5 Å². The van der Waals surface area contributed by atoms with E-state index in [9.17, 15) is 9.59 Å². The van der Waals surface area contributed by atoms with E-state index in [1.165, 1.54) is 11.8 Å². The van der Waals surface area contributed by atoms with Gasteiger partial charge < -0.3 is 14.4 Å². The Morgan fingerprint density at radius 3 is 2.59 bits per heavy atom. The average Bonchev–Trinajstić information content (AvgIpc) is 3.49. The molecular weight excluding hydrogens is 534 g/mol. The number of hydrogen-bond donors (Lipinski definition) is 0. The molecule has 1 amide bonds. The van der Waals surface area contributed by atoms with Crippen LogP contribution in [0, 0.1) is 6.92 Å². The first-order chi connectivity index (χ1) is 18.8. The molecule has 0 spiro atoms. The summed E-state index contributed by atoms with van der Waals surface area (Å²) in [5.74, 6) is 2.00. The fourth-order valence-electron chi connectivity index (χ4n) is 5.09. The Hall–Kier alpha value is -3.41. The van der Waals surface area contributed by atoms with Crippen LogP contribution in [0.25, 0.3) is 11.7 Å². The van der Waals surface area contributed by atoms with Crippen molar-refractivity contribution in [3.8, 4) is 11.5 Å². The third-order valence-electron chi connectivity index (χ3n) is 7.12. The molecule has 0 saturated carbocycles. The molecule has 202 valence electrons. The Labute approximate surface area is 236 Å². The number of amides is 1. The molecule has 0 atom stereocenters. The molecular formula is C28H29N5O4S2. The Kier molecular flexibility index (Phi) is 6.82. The Morgan fingerprint density at radius 1 is 1.08 bits per heavy atom. The van der Waals surface area contributed by atoms with Crippen molar-refractivity contribution in [2.75, 3.05) is 37.9 Å². The van der Waals surface area contributed by atoms with Crippen LogP contribution in [0.2, 0.25) is 0 Å². The highest BCUT2D eigenvalue weighted by atomic mass is 32.2. The summed E-state index contributed by atoms with van der Waals surface area (Å²) in [5, 5.41) is 0. The molecule has 6 rings (SSSR count). The normalized spacial score (nSPS) is 18.8. The monoisotopic (exact) mass is 563 g/mol. The van der Waals surface area contributed by atoms with Gasteiger partial charge in [0.05, 0.1) is 10.5 Å². The maximum absolute atomic E-state index is 13.8. The van der Waals surface area contributed by atoms with E-state index in [0.717, 1.165) is 42.3 Å². The molecule has 3 aliphatic rings. The maximum Gasteiger partial charge on any atom is 0.267 e. The second kappa shape index (κ2) is 10.3. The highest BCUT2D eigenvalue weighted by molar-refractivity contribution is 8.26. The van der Waals surface area contributed by atoms with Crippen molar-refractivity contribution in [3.05, 3.63) is 68.5 Å². The van der Waals surface area contributed by atoms with Crippen molar-refractivity contribution >= 4 is 51.7 Å². The van der Waals surface area contributed by atoms with Gasteiger partial charge in [0.1, 0.15) is 15.8 Å². The van der Waals surface area contributed by atoms with Gasteiger partial charge in [-0.3, -0.25) is 23.8 Å². The molecule has 0 unspecified atom stereocenters. The number of ether oxygens (including phenoxy) is 2. The van der Waals surface area contributed by atoms with Gasteiger partial charge in [-0.25, -0.2) is 4.98 Å². The van der Waals surface area contributed by atoms with Crippen LogP contribution in [-0.4, -0.2) is 68.4 Å². The summed E-state index contributed by atoms with van der Waals surface area (Å²) in [5.41, 5.74) is 2.91. The lowest BCUT2D eigenvalue weighted by atomic mass is 10.1. The van der Waals surface area contributed by atoms with E-state index in [2.05, 4.69) is 15.9 Å². The molecule has 2 saturated heterocycles. The third kappa shape index (κ3) is 4.90. The first-order valence-electron chi connectivity index (χ1n) is 12.9. The summed E-state index contributed by atoms with van der Waals surface area (Å²) in [6.07, 6.45) is 3.47. The molecule has 11 heteroatoms. The highest BCUT2D eigenvalue weighted by Crippen LogP contribution is 2.35. The van der Waals surface area contributed by atoms with Gasteiger partial charge >= 0.3 is 0 Å². The molecule has 5 heterocycles. The summed E-state index contributed by atoms with van der Waals surface area (Å²) in [6, 6.07) is 9.81. The number of benzene rings is 1. The number of hydrogen-bond acceptors (Lipinski definition) is 9. The second-order valence-electron chi connectivity index (χ2n) is 10.2. The highest BCUT2D eigenvalue weighted by Gasteiger charge is 2.34. The number of rotatable bonds is 5. The van der Waals surface area contributed by atoms with Crippen LogP contribution in [0.15, 0.2) is 46.2 Å². The summed E-state index contributed by atoms with van der Waals surface area (Å²) in [4.78, 5) is 38.4. The SMILES string of the molecule is Cc1ccc2nc(N3CCN(Cc4ccc5c(c4)OCO5)CC3)c(/C=C3\SC(=S)N(C(C)C)C3=O)c(=O)n2c1. The molecule has 39 heavy (non-hydrogen) atoms. The number of aromatic nitrogens is 2. The van der Waals surface area contributed by atoms with Crippen LogP contribution >= 0.6 is 24.0 Å². The summed E-state index contributed by atoms with van der Waals surface area (Å²) >= 11 is 6.70. The summed E-state index contributed by atoms with van der Waals surface area (Å²) in [6.45, 7) is 9.86. The summed E-state index contributed by atoms with van der Waals surface area (Å²) in [7, 11) is 0. The number of thiocarbonyl (C=S) groups is 1. The van der Waals surface area contributed by atoms with Crippen molar-refractivity contribution in [2.24, 2.45) is 0 Å². The summed E-state index contributed by atoms with van der Waals surface area (Å²) < 4.78 is 13.0. The zero-order valence-corrected chi connectivity index (χ0v) is 23.7. The molecule has 0 bridgehead atoms. The first kappa shape index (κ1) is 25.8. The predicted molar refractivity (Wildman–Crippen MR) is 156 cm³/mol. The van der Waals surface area contributed by atoms with Crippen molar-refractivity contribution in [1.82, 2.24) is 19.2 Å². The molecule has 0 radical (unpaired) electrons. The molecule has 0 aliphatic carbocycles. The zero-order valence-electron chi connectivity index (χ0n) is 22.0. The number of fused-ring (bicyclic) bond motifs is 2. The van der Waals surface area contributed by atoms with Crippen LogP contribution < -0.4 is 19.9 Å². The van der Waals surface area contributed by atoms with Gasteiger partial charge in [0, 0.05) is 45.0 Å². The van der Waals surface area contributed by atoms with Gasteiger partial charge in [-0.05, 0) is 56.2 Å². The van der Waals surface area contributed by atoms with Crippen LogP contribution in [0.3, 0.4) is 0 Å². The second-order valence-corrected chi connectivity index (χ2v) is 11.9. The molecule has 2 aromatic heterocycles. The van der Waals surface area contributed by atoms with E-state index < -0.39 is 0 Å². The van der Waals surface area contributed by atoms with E-state index in [0.29, 0.717) is 39.3 Å². The first-order valence-corrected chi connectivity index (χ1v) is 14.2. The standard InChI is InChI=1S/C28H29N5O4S2/c1-17(2)33-27(35)23(39-28(33)38)13-20-25(29-24-7-4-18(3)14-32(24)26(20)34)31-10-8-30(9-11-31)15-19-5-6-21-22(12-19)37-16-36-21/h4-7,12-14,17H,8-11,15-16H2,1-3H3/b23-13-. The predicted octanol–water partition coefficient (Wildman–Crippen LogP) is 3.66. The Bertz CT molecular complexity index is 1580. The number of anilines is 1. The van der Waals surface area contributed by atoms with Gasteiger partial charge in [-0.2, -0.15) is 0 Å². The van der Waals surface area contributed by atoms with Gasteiger partial charge in [0.2, 0.25) is 6.79 Å². The van der Waals surface area contributed by atoms with Crippen molar-refractivity contribution in [3.63, 3.8) is 0 Å². The van der Waals surface area contributed by atoms with Gasteiger partial charge in [-0.1, -0.05) is 36.1 Å². The number of pyridine rings is 1. The number of nitrogens with zero attached hydrogens (tertiary/aromatic N) is 5. The topological polar surface area (TPSA) is 79.6 Å². The Balaban J connectivity index is 1.30. The van der Waals surface area contributed by atoms with Crippen molar-refractivity contribution in [2.45, 2.75) is 33.4 Å². The van der Waals surface area contributed by atoms with E-state index in [-0.39, 0.29) is 24.3 Å². The Morgan fingerprint density at radius 2 is 1.85 bits per heavy atom. The fraction of sp³-hybridized carbons (Fsp3) is 0.357. The van der Waals surface area contributed by atoms with Crippen molar-refractivity contribution in [1.29, 1.82) is 0 Å². The minimum absolute atomic E-state index is 0.0563. The average molecular weight is 564 g/mol. The van der Waals surface area contributed by atoms with E-state index in [4.69, 9.17) is 26.7 Å². The minimum Gasteiger partial charge on any atom is -0.454 e. The molecule has 0 N–H and O–H groups in total. The third-order valence-corrected chi connectivity index (χ3v) is 8.45. The quantitative estimate of drug-likeness (QED) is 0.341. The smallest absolute Gasteiger partial charge is 0.267 e. The molecule has 2 fully saturated rings. The zero-order chi connectivity index (χ0) is 27.3. The minimum atomic E-state index is -0.198. The van der Waals surface area contributed by atoms with E-state index >= 15 is 0 Å². The van der Waals surface area contributed by atoms with Crippen molar-refractivity contribution < 1.29 is 14.3 Å². The lowest BCUT2D eigenvalue weighted by molar-refractivity contribution is -0.123. The van der Waals surface area contributed by atoms with Crippen LogP contribution in [0.1, 0.15) is 30.5 Å². The lowest BCUT2D eigenvalue weighted by Gasteiger charge is -2.36. The van der Waals surface area contributed by atoms with Crippen LogP contribution in [0.4, 0.5) is 5.82 Å². The van der Waals surface area contributed by atoms with Gasteiger partial charge in [0.15, 0.2) is 11.5 Å². The number of thioether (sulfide) groups is 1. The molecule has 3 aliphatic heterocycles. The van der Waals surface area contributed by atoms with E-state index in [1.54, 1.807) is 21.6 Å². The van der Waals surface area contributed by atoms with Crippen LogP contribution in [0.5, 0.6) is 11.5 Å². The number of aryl methyl sites for hydroxylation is 1. The molecule has 3 aromatic rings. The number of carbonyl (C=O) groups is 1. The fourth-order valence-corrected chi connectivity index (χ4v) is 6.59.